The average Bonchev–Trinajstić information content (AvgIpc) is 3.08. The number of thiophene rings is 1. The maximum absolute atomic E-state index is 12.7. The number of sulfonamides is 1. The molecule has 0 amide bonds. The molecule has 1 atom stereocenters. The molecule has 8 heteroatoms. The third-order valence-electron chi connectivity index (χ3n) is 3.62. The van der Waals surface area contributed by atoms with Crippen LogP contribution in [0.2, 0.25) is 0 Å². The summed E-state index contributed by atoms with van der Waals surface area (Å²) in [6.07, 6.45) is 0. The first-order valence-corrected chi connectivity index (χ1v) is 9.67. The summed E-state index contributed by atoms with van der Waals surface area (Å²) in [6.45, 7) is 0.260. The van der Waals surface area contributed by atoms with Gasteiger partial charge in [0, 0.05) is 17.5 Å². The van der Waals surface area contributed by atoms with Gasteiger partial charge in [0.05, 0.1) is 20.3 Å². The zero-order valence-corrected chi connectivity index (χ0v) is 15.8. The van der Waals surface area contributed by atoms with Crippen LogP contribution in [0.5, 0.6) is 11.5 Å². The van der Waals surface area contributed by atoms with Crippen molar-refractivity contribution in [2.45, 2.75) is 10.9 Å². The molecule has 1 N–H and O–H groups in total. The van der Waals surface area contributed by atoms with Crippen LogP contribution in [-0.2, 0) is 10.0 Å². The summed E-state index contributed by atoms with van der Waals surface area (Å²) in [5.41, 5.74) is 0. The van der Waals surface area contributed by atoms with Crippen molar-refractivity contribution in [2.24, 2.45) is 0 Å². The van der Waals surface area contributed by atoms with E-state index in [1.165, 1.54) is 20.3 Å². The van der Waals surface area contributed by atoms with Crippen molar-refractivity contribution in [1.82, 2.24) is 9.62 Å². The van der Waals surface area contributed by atoms with Gasteiger partial charge in [-0.05, 0) is 37.7 Å². The molecule has 6 nitrogen and oxygen atoms in total. The molecule has 0 spiro atoms. The van der Waals surface area contributed by atoms with Crippen molar-refractivity contribution in [3.05, 3.63) is 40.6 Å². The molecule has 0 aliphatic carbocycles. The Kier molecular flexibility index (Phi) is 6.22. The Balaban J connectivity index is 2.25. The molecule has 0 radical (unpaired) electrons. The van der Waals surface area contributed by atoms with Crippen molar-refractivity contribution < 1.29 is 17.9 Å². The van der Waals surface area contributed by atoms with E-state index in [0.29, 0.717) is 5.75 Å². The molecule has 0 aliphatic heterocycles. The second kappa shape index (κ2) is 7.98. The number of hydrogen-bond acceptors (Lipinski definition) is 6. The highest BCUT2D eigenvalue weighted by molar-refractivity contribution is 7.89. The summed E-state index contributed by atoms with van der Waals surface area (Å²) in [7, 11) is 3.04. The number of nitrogens with one attached hydrogen (secondary N) is 1. The fourth-order valence-electron chi connectivity index (χ4n) is 2.28. The van der Waals surface area contributed by atoms with E-state index in [1.54, 1.807) is 23.5 Å². The fourth-order valence-corrected chi connectivity index (χ4v) is 4.42. The average molecular weight is 370 g/mol. The van der Waals surface area contributed by atoms with E-state index in [-0.39, 0.29) is 23.2 Å². The molecule has 132 valence electrons. The quantitative estimate of drug-likeness (QED) is 0.773. The number of likely N-dealkylation sites (N-methyl/N-ethyl adjacent to an activating group) is 1. The zero-order chi connectivity index (χ0) is 17.7. The van der Waals surface area contributed by atoms with E-state index in [2.05, 4.69) is 4.72 Å². The van der Waals surface area contributed by atoms with Crippen LogP contribution in [0, 0.1) is 0 Å². The van der Waals surface area contributed by atoms with Crippen molar-refractivity contribution in [1.29, 1.82) is 0 Å². The number of nitrogens with zero attached hydrogens (tertiary/aromatic N) is 1. The van der Waals surface area contributed by atoms with E-state index < -0.39 is 10.0 Å². The monoisotopic (exact) mass is 370 g/mol. The van der Waals surface area contributed by atoms with Gasteiger partial charge in [-0.2, -0.15) is 0 Å². The van der Waals surface area contributed by atoms with Crippen LogP contribution >= 0.6 is 11.3 Å². The molecule has 24 heavy (non-hydrogen) atoms. The molecule has 0 aliphatic rings. The van der Waals surface area contributed by atoms with Gasteiger partial charge in [0.25, 0.3) is 0 Å². The Morgan fingerprint density at radius 1 is 1.21 bits per heavy atom. The van der Waals surface area contributed by atoms with Gasteiger partial charge < -0.3 is 14.4 Å². The standard InChI is InChI=1S/C16H22N2O4S2/c1-18(2)13(15-6-5-9-23-15)11-17-24(19,20)16-10-12(21-3)7-8-14(16)22-4/h5-10,13,17H,11H2,1-4H3/t13-/m1/s1. The maximum Gasteiger partial charge on any atom is 0.244 e. The molecule has 0 saturated carbocycles. The molecule has 0 bridgehead atoms. The minimum absolute atomic E-state index is 0.0450. The Hall–Kier alpha value is -1.61. The predicted molar refractivity (Wildman–Crippen MR) is 95.5 cm³/mol. The minimum Gasteiger partial charge on any atom is -0.497 e. The van der Waals surface area contributed by atoms with Gasteiger partial charge in [0.1, 0.15) is 16.4 Å². The third-order valence-corrected chi connectivity index (χ3v) is 6.04. The van der Waals surface area contributed by atoms with E-state index in [9.17, 15) is 8.42 Å². The lowest BCUT2D eigenvalue weighted by Gasteiger charge is -2.23. The molecule has 0 unspecified atom stereocenters. The number of ether oxygens (including phenoxy) is 2. The summed E-state index contributed by atoms with van der Waals surface area (Å²) in [4.78, 5) is 3.14. The summed E-state index contributed by atoms with van der Waals surface area (Å²) >= 11 is 1.60. The maximum atomic E-state index is 12.7. The topological polar surface area (TPSA) is 67.9 Å². The van der Waals surface area contributed by atoms with E-state index in [4.69, 9.17) is 9.47 Å². The van der Waals surface area contributed by atoms with Crippen LogP contribution in [0.3, 0.4) is 0 Å². The first-order chi connectivity index (χ1) is 11.4. The lowest BCUT2D eigenvalue weighted by Crippen LogP contribution is -2.34. The van der Waals surface area contributed by atoms with Crippen LogP contribution in [0.1, 0.15) is 10.9 Å². The molecule has 1 heterocycles. The highest BCUT2D eigenvalue weighted by Gasteiger charge is 2.23. The van der Waals surface area contributed by atoms with Gasteiger partial charge in [-0.25, -0.2) is 13.1 Å². The van der Waals surface area contributed by atoms with Gasteiger partial charge in [-0.15, -0.1) is 11.3 Å². The van der Waals surface area contributed by atoms with Gasteiger partial charge in [0.15, 0.2) is 0 Å². The molecule has 1 aromatic heterocycles. The number of methoxy groups -OCH3 is 2. The molecule has 0 saturated heterocycles. The highest BCUT2D eigenvalue weighted by atomic mass is 32.2. The van der Waals surface area contributed by atoms with Crippen LogP contribution in [0.15, 0.2) is 40.6 Å². The minimum atomic E-state index is -3.73. The van der Waals surface area contributed by atoms with Crippen LogP contribution in [0.25, 0.3) is 0 Å². The summed E-state index contributed by atoms with van der Waals surface area (Å²) < 4.78 is 38.4. The van der Waals surface area contributed by atoms with Crippen molar-refractivity contribution >= 4 is 21.4 Å². The van der Waals surface area contributed by atoms with Gasteiger partial charge in [-0.3, -0.25) is 0 Å². The fraction of sp³-hybridized carbons (Fsp3) is 0.375. The Labute approximate surface area is 147 Å². The van der Waals surface area contributed by atoms with Crippen LogP contribution in [-0.4, -0.2) is 48.2 Å². The lowest BCUT2D eigenvalue weighted by molar-refractivity contribution is 0.303. The second-order valence-electron chi connectivity index (χ2n) is 5.36. The Morgan fingerprint density at radius 2 is 1.96 bits per heavy atom. The van der Waals surface area contributed by atoms with Gasteiger partial charge >= 0.3 is 0 Å². The largest absolute Gasteiger partial charge is 0.497 e. The lowest BCUT2D eigenvalue weighted by atomic mass is 10.2. The van der Waals surface area contributed by atoms with Crippen molar-refractivity contribution in [2.75, 3.05) is 34.9 Å². The molecular formula is C16H22N2O4S2. The van der Waals surface area contributed by atoms with Crippen LogP contribution < -0.4 is 14.2 Å². The summed E-state index contributed by atoms with van der Waals surface area (Å²) in [6, 6.07) is 8.60. The number of hydrogen-bond donors (Lipinski definition) is 1. The first kappa shape index (κ1) is 18.7. The van der Waals surface area contributed by atoms with Gasteiger partial charge in [0.2, 0.25) is 10.0 Å². The smallest absolute Gasteiger partial charge is 0.244 e. The van der Waals surface area contributed by atoms with Crippen molar-refractivity contribution in [3.8, 4) is 11.5 Å². The van der Waals surface area contributed by atoms with Crippen LogP contribution in [0.4, 0.5) is 0 Å². The zero-order valence-electron chi connectivity index (χ0n) is 14.1. The Bertz CT molecular complexity index is 758. The highest BCUT2D eigenvalue weighted by Crippen LogP contribution is 2.29. The molecule has 2 rings (SSSR count). The SMILES string of the molecule is COc1ccc(OC)c(S(=O)(=O)NC[C@H](c2cccs2)N(C)C)c1. The summed E-state index contributed by atoms with van der Waals surface area (Å²) in [5.74, 6) is 0.736. The van der Waals surface area contributed by atoms with Crippen molar-refractivity contribution in [3.63, 3.8) is 0 Å². The third kappa shape index (κ3) is 4.27. The van der Waals surface area contributed by atoms with Gasteiger partial charge in [-0.1, -0.05) is 6.07 Å². The number of benzene rings is 1. The predicted octanol–water partition coefficient (Wildman–Crippen LogP) is 2.35. The molecule has 0 fully saturated rings. The number of rotatable bonds is 8. The molecular weight excluding hydrogens is 348 g/mol. The molecule has 1 aromatic carbocycles. The Morgan fingerprint density at radius 3 is 2.50 bits per heavy atom. The second-order valence-corrected chi connectivity index (χ2v) is 8.08. The van der Waals surface area contributed by atoms with E-state index in [0.717, 1.165) is 4.88 Å². The normalized spacial score (nSPS) is 13.0. The first-order valence-electron chi connectivity index (χ1n) is 7.30. The summed E-state index contributed by atoms with van der Waals surface area (Å²) in [5, 5.41) is 1.98. The molecule has 2 aromatic rings. The van der Waals surface area contributed by atoms with E-state index in [1.807, 2.05) is 36.5 Å². The van der Waals surface area contributed by atoms with E-state index >= 15 is 0 Å².